The Bertz CT molecular complexity index is 2640. The number of halogens is 2. The molecule has 0 spiro atoms. The van der Waals surface area contributed by atoms with Crippen LogP contribution in [-0.2, 0) is 19.7 Å². The van der Waals surface area contributed by atoms with Gasteiger partial charge in [-0.1, -0.05) is 60.6 Å². The second-order valence-electron chi connectivity index (χ2n) is 19.7. The lowest BCUT2D eigenvalue weighted by molar-refractivity contribution is -0.136. The number of likely N-dealkylation sites (tertiary alicyclic amines) is 2. The third-order valence-corrected chi connectivity index (χ3v) is 13.7. The largest absolute Gasteiger partial charge is 0.465 e. The predicted octanol–water partition coefficient (Wildman–Crippen LogP) is 9.10. The van der Waals surface area contributed by atoms with E-state index in [-0.39, 0.29) is 29.1 Å². The van der Waals surface area contributed by atoms with Gasteiger partial charge in [-0.15, -0.1) is 0 Å². The molecule has 5 N–H and O–H groups in total. The van der Waals surface area contributed by atoms with E-state index >= 15 is 8.78 Å². The fourth-order valence-electron chi connectivity index (χ4n) is 10.2. The van der Waals surface area contributed by atoms with E-state index in [1.165, 1.54) is 19.2 Å². The summed E-state index contributed by atoms with van der Waals surface area (Å²) in [7, 11) is 1.25. The molecule has 3 saturated heterocycles. The first kappa shape index (κ1) is 46.3. The zero-order valence-electron chi connectivity index (χ0n) is 38.9. The number of carbonyl (C=O) groups excluding carboxylic acids is 3. The first-order valence-corrected chi connectivity index (χ1v) is 23.1. The number of hydrogen-bond donors (Lipinski definition) is 5. The number of methoxy groups -OCH3 is 1. The third-order valence-electron chi connectivity index (χ3n) is 13.7. The molecule has 0 bridgehead atoms. The molecule has 66 heavy (non-hydrogen) atoms. The van der Waals surface area contributed by atoms with Crippen molar-refractivity contribution in [3.05, 3.63) is 88.5 Å². The van der Waals surface area contributed by atoms with Crippen LogP contribution in [0.4, 0.5) is 24.1 Å². The van der Waals surface area contributed by atoms with Crippen LogP contribution in [0.5, 0.6) is 0 Å². The average molecular weight is 910 g/mol. The normalized spacial score (nSPS) is 21.1. The molecule has 17 heteroatoms. The van der Waals surface area contributed by atoms with Crippen molar-refractivity contribution in [2.24, 2.45) is 11.8 Å². The molecule has 0 saturated carbocycles. The van der Waals surface area contributed by atoms with Gasteiger partial charge in [-0.05, 0) is 91.7 Å². The topological polar surface area (TPSA) is 189 Å². The minimum atomic E-state index is -1.27. The fraction of sp³-hybridized carbons (Fsp3) is 0.510. The Kier molecular flexibility index (Phi) is 12.8. The van der Waals surface area contributed by atoms with Crippen LogP contribution in [0, 0.1) is 23.5 Å². The number of rotatable bonds is 11. The number of hydrogen-bond acceptors (Lipinski definition) is 8. The second kappa shape index (κ2) is 18.2. The van der Waals surface area contributed by atoms with Crippen LogP contribution in [0.2, 0.25) is 0 Å². The van der Waals surface area contributed by atoms with E-state index in [1.54, 1.807) is 35.8 Å². The number of fused-ring (bicyclic) bond motifs is 2. The summed E-state index contributed by atoms with van der Waals surface area (Å²) in [6.45, 7) is 14.6. The maximum atomic E-state index is 16.7. The molecule has 5 heterocycles. The molecule has 352 valence electrons. The SMILES string of the molecule is COC(=O)N[C@H](C(=O)N1CCC[C@H]1c1nc2cc(F)c([C@H]3CC[C@H](c4cc5nc([C@@H]6CCCN6C(=O)[C@@H](NC(=O)O)C(C)C)[nH]c5cc4F)N3c3ccc(C(C)(C)C)cc3)cc2[nH]1)C(C)C. The van der Waals surface area contributed by atoms with E-state index in [2.05, 4.69) is 58.4 Å². The van der Waals surface area contributed by atoms with E-state index in [0.717, 1.165) is 17.7 Å². The molecule has 5 aromatic rings. The summed E-state index contributed by atoms with van der Waals surface area (Å²) in [5.74, 6) is -0.921. The third kappa shape index (κ3) is 8.87. The van der Waals surface area contributed by atoms with Crippen LogP contribution in [0.25, 0.3) is 22.1 Å². The van der Waals surface area contributed by atoms with Gasteiger partial charge in [0.05, 0.1) is 53.3 Å². The van der Waals surface area contributed by atoms with Gasteiger partial charge in [-0.2, -0.15) is 0 Å². The van der Waals surface area contributed by atoms with E-state index in [1.807, 2.05) is 26.0 Å². The quantitative estimate of drug-likeness (QED) is 0.0861. The number of carbonyl (C=O) groups is 4. The van der Waals surface area contributed by atoms with Gasteiger partial charge in [0.2, 0.25) is 11.8 Å². The van der Waals surface area contributed by atoms with Gasteiger partial charge < -0.3 is 45.1 Å². The van der Waals surface area contributed by atoms with E-state index in [4.69, 9.17) is 14.7 Å². The number of aromatic nitrogens is 4. The molecular weight excluding hydrogens is 849 g/mol. The number of alkyl carbamates (subject to hydrolysis) is 1. The molecule has 3 aliphatic heterocycles. The Hall–Kier alpha value is -6.26. The number of nitrogens with zero attached hydrogens (tertiary/aromatic N) is 5. The number of benzene rings is 3. The van der Waals surface area contributed by atoms with Gasteiger partial charge in [0, 0.05) is 36.0 Å². The molecule has 0 radical (unpaired) electrons. The Morgan fingerprint density at radius 1 is 0.712 bits per heavy atom. The number of anilines is 1. The monoisotopic (exact) mass is 909 g/mol. The minimum absolute atomic E-state index is 0.123. The van der Waals surface area contributed by atoms with Crippen molar-refractivity contribution >= 4 is 51.8 Å². The molecule has 3 aliphatic rings. The number of aromatic amines is 2. The highest BCUT2D eigenvalue weighted by molar-refractivity contribution is 5.87. The van der Waals surface area contributed by atoms with Gasteiger partial charge >= 0.3 is 12.2 Å². The maximum Gasteiger partial charge on any atom is 0.407 e. The Morgan fingerprint density at radius 2 is 1.20 bits per heavy atom. The lowest BCUT2D eigenvalue weighted by Crippen LogP contribution is -2.51. The molecule has 0 aliphatic carbocycles. The van der Waals surface area contributed by atoms with Gasteiger partial charge in [0.25, 0.3) is 0 Å². The smallest absolute Gasteiger partial charge is 0.407 e. The number of H-pyrrole nitrogens is 2. The van der Waals surface area contributed by atoms with Crippen LogP contribution >= 0.6 is 0 Å². The summed E-state index contributed by atoms with van der Waals surface area (Å²) in [6, 6.07) is 11.0. The molecule has 15 nitrogen and oxygen atoms in total. The second-order valence-corrected chi connectivity index (χ2v) is 19.7. The summed E-state index contributed by atoms with van der Waals surface area (Å²) in [4.78, 5) is 73.2. The standard InChI is InChI=1S/C49H61F2N9O6/c1-25(2)41(56-47(63)64)45(61)58-19-9-11-39(58)43-52-33-21-29(31(50)23-35(33)54-43)37-17-18-38(60(37)28-15-13-27(14-16-28)49(5,6)7)30-22-34-36(24-32(30)51)55-44(53-34)40-12-10-20-59(40)46(62)42(26(3)4)57-48(65)66-8/h13-16,21-26,37-42,56H,9-12,17-20H2,1-8H3,(H,52,54)(H,53,55)(H,57,65)(H,63,64)/t37-,38-,39+,40+,41+,42+/m1/s1. The number of ether oxygens (including phenoxy) is 1. The predicted molar refractivity (Wildman–Crippen MR) is 246 cm³/mol. The van der Waals surface area contributed by atoms with Crippen molar-refractivity contribution in [1.29, 1.82) is 0 Å². The molecule has 0 unspecified atom stereocenters. The van der Waals surface area contributed by atoms with Crippen LogP contribution in [-0.4, -0.2) is 91.1 Å². The zero-order valence-corrected chi connectivity index (χ0v) is 38.9. The molecule has 3 aromatic carbocycles. The lowest BCUT2D eigenvalue weighted by Gasteiger charge is -2.34. The molecule has 3 fully saturated rings. The van der Waals surface area contributed by atoms with Crippen LogP contribution in [0.3, 0.4) is 0 Å². The summed E-state index contributed by atoms with van der Waals surface area (Å²) in [5, 5.41) is 14.5. The Balaban J connectivity index is 1.13. The van der Waals surface area contributed by atoms with Crippen molar-refractivity contribution in [2.45, 2.75) is 129 Å². The Labute approximate surface area is 383 Å². The lowest BCUT2D eigenvalue weighted by atomic mass is 9.87. The Morgan fingerprint density at radius 3 is 1.70 bits per heavy atom. The number of amides is 4. The van der Waals surface area contributed by atoms with Gasteiger partial charge in [0.1, 0.15) is 35.4 Å². The number of nitrogens with one attached hydrogen (secondary N) is 4. The highest BCUT2D eigenvalue weighted by Gasteiger charge is 2.42. The van der Waals surface area contributed by atoms with Crippen molar-refractivity contribution in [3.63, 3.8) is 0 Å². The minimum Gasteiger partial charge on any atom is -0.465 e. The molecule has 8 rings (SSSR count). The number of carboxylic acid groups (broad SMARTS) is 1. The first-order valence-electron chi connectivity index (χ1n) is 23.1. The number of imidazole rings is 2. The van der Waals surface area contributed by atoms with Crippen molar-refractivity contribution in [2.75, 3.05) is 25.1 Å². The van der Waals surface area contributed by atoms with E-state index in [9.17, 15) is 24.3 Å². The van der Waals surface area contributed by atoms with Crippen molar-refractivity contribution in [1.82, 2.24) is 40.4 Å². The van der Waals surface area contributed by atoms with Crippen LogP contribution < -0.4 is 15.5 Å². The van der Waals surface area contributed by atoms with Gasteiger partial charge in [0.15, 0.2) is 0 Å². The summed E-state index contributed by atoms with van der Waals surface area (Å²) < 4.78 is 38.2. The highest BCUT2D eigenvalue weighted by Crippen LogP contribution is 2.49. The van der Waals surface area contributed by atoms with Crippen LogP contribution in [0.1, 0.15) is 139 Å². The molecule has 6 atom stereocenters. The molecule has 4 amide bonds. The fourth-order valence-corrected chi connectivity index (χ4v) is 10.2. The average Bonchev–Trinajstić information content (AvgIpc) is 4.12. The van der Waals surface area contributed by atoms with Crippen molar-refractivity contribution in [3.8, 4) is 0 Å². The van der Waals surface area contributed by atoms with Gasteiger partial charge in [-0.3, -0.25) is 9.59 Å². The van der Waals surface area contributed by atoms with Crippen molar-refractivity contribution < 1.29 is 37.8 Å². The highest BCUT2D eigenvalue weighted by atomic mass is 19.1. The first-order chi connectivity index (χ1) is 31.3. The molecular formula is C49H61F2N9O6. The summed E-state index contributed by atoms with van der Waals surface area (Å²) in [6.07, 6.45) is 1.73. The summed E-state index contributed by atoms with van der Waals surface area (Å²) in [5.41, 5.74) is 4.65. The van der Waals surface area contributed by atoms with Crippen LogP contribution in [0.15, 0.2) is 48.5 Å². The van der Waals surface area contributed by atoms with E-state index in [0.29, 0.717) is 90.0 Å². The zero-order chi connectivity index (χ0) is 47.4. The van der Waals surface area contributed by atoms with E-state index < -0.39 is 60.1 Å². The van der Waals surface area contributed by atoms with Gasteiger partial charge in [-0.25, -0.2) is 28.3 Å². The maximum absolute atomic E-state index is 16.7. The summed E-state index contributed by atoms with van der Waals surface area (Å²) >= 11 is 0. The molecule has 2 aromatic heterocycles.